The van der Waals surface area contributed by atoms with Gasteiger partial charge in [0.1, 0.15) is 0 Å². The van der Waals surface area contributed by atoms with Gasteiger partial charge >= 0.3 is 0 Å². The molecule has 2 fully saturated rings. The first kappa shape index (κ1) is 18.4. The zero-order chi connectivity index (χ0) is 17.6. The Bertz CT molecular complexity index is 578. The number of nitrogens with one attached hydrogen (secondary N) is 1. The minimum absolute atomic E-state index is 0.0740. The summed E-state index contributed by atoms with van der Waals surface area (Å²) in [6.45, 7) is 7.21. The molecule has 0 unspecified atom stereocenters. The maximum absolute atomic E-state index is 12.0. The van der Waals surface area contributed by atoms with E-state index in [-0.39, 0.29) is 12.0 Å². The summed E-state index contributed by atoms with van der Waals surface area (Å²) in [6, 6.07) is 8.75. The van der Waals surface area contributed by atoms with Crippen LogP contribution in [0.1, 0.15) is 24.0 Å². The van der Waals surface area contributed by atoms with Crippen LogP contribution in [0, 0.1) is 18.8 Å². The molecule has 0 spiro atoms. The van der Waals surface area contributed by atoms with Crippen LogP contribution in [0.4, 0.5) is 0 Å². The Morgan fingerprint density at radius 1 is 1.44 bits per heavy atom. The van der Waals surface area contributed by atoms with Crippen LogP contribution >= 0.6 is 0 Å². The number of carbonyl (C=O) groups is 1. The highest BCUT2D eigenvalue weighted by atomic mass is 16.5. The van der Waals surface area contributed by atoms with Crippen molar-refractivity contribution < 1.29 is 14.3 Å². The molecule has 25 heavy (non-hydrogen) atoms. The highest BCUT2D eigenvalue weighted by molar-refractivity contribution is 5.76. The molecule has 2 aliphatic rings. The minimum Gasteiger partial charge on any atom is -0.383 e. The molecule has 0 aliphatic carbocycles. The molecular formula is C20H30N2O3. The molecule has 5 heteroatoms. The van der Waals surface area contributed by atoms with Crippen molar-refractivity contribution in [3.63, 3.8) is 0 Å². The fourth-order valence-corrected chi connectivity index (χ4v) is 4.13. The van der Waals surface area contributed by atoms with Crippen molar-refractivity contribution in [3.8, 4) is 0 Å². The first-order valence-corrected chi connectivity index (χ1v) is 9.31. The van der Waals surface area contributed by atoms with Gasteiger partial charge in [-0.15, -0.1) is 0 Å². The van der Waals surface area contributed by atoms with Crippen molar-refractivity contribution in [2.45, 2.75) is 32.4 Å². The third kappa shape index (κ3) is 5.03. The van der Waals surface area contributed by atoms with Crippen molar-refractivity contribution in [3.05, 3.63) is 35.4 Å². The molecule has 0 bridgehead atoms. The maximum Gasteiger partial charge on any atom is 0.222 e. The smallest absolute Gasteiger partial charge is 0.222 e. The normalized spacial score (nSPS) is 26.4. The Morgan fingerprint density at radius 2 is 2.32 bits per heavy atom. The van der Waals surface area contributed by atoms with E-state index < -0.39 is 0 Å². The van der Waals surface area contributed by atoms with Crippen LogP contribution in [-0.2, 0) is 20.8 Å². The average molecular weight is 346 g/mol. The van der Waals surface area contributed by atoms with E-state index in [9.17, 15) is 4.79 Å². The highest BCUT2D eigenvalue weighted by Crippen LogP contribution is 2.36. The van der Waals surface area contributed by atoms with Gasteiger partial charge in [-0.3, -0.25) is 9.69 Å². The molecule has 3 atom stereocenters. The lowest BCUT2D eigenvalue weighted by atomic mass is 9.83. The summed E-state index contributed by atoms with van der Waals surface area (Å²) in [5.41, 5.74) is 2.70. The molecule has 5 nitrogen and oxygen atoms in total. The molecule has 138 valence electrons. The van der Waals surface area contributed by atoms with Gasteiger partial charge in [0.05, 0.1) is 25.7 Å². The second kappa shape index (κ2) is 8.79. The summed E-state index contributed by atoms with van der Waals surface area (Å²) in [6.07, 6.45) is 1.67. The topological polar surface area (TPSA) is 50.8 Å². The summed E-state index contributed by atoms with van der Waals surface area (Å²) in [5.74, 6) is 1.14. The van der Waals surface area contributed by atoms with Gasteiger partial charge in [0.25, 0.3) is 0 Å². The fraction of sp³-hybridized carbons (Fsp3) is 0.650. The number of hydrogen-bond donors (Lipinski definition) is 1. The van der Waals surface area contributed by atoms with E-state index in [1.807, 2.05) is 0 Å². The number of methoxy groups -OCH3 is 1. The SMILES string of the molecule is COCCNC(=O)C[C@H]1OC[C@H]2CN(Cc3cccc(C)c3)CC[C@H]21. The molecule has 2 aliphatic heterocycles. The molecule has 2 heterocycles. The number of aryl methyl sites for hydroxylation is 1. The predicted molar refractivity (Wildman–Crippen MR) is 97.3 cm³/mol. The number of fused-ring (bicyclic) bond motifs is 1. The van der Waals surface area contributed by atoms with Gasteiger partial charge in [-0.2, -0.15) is 0 Å². The number of likely N-dealkylation sites (tertiary alicyclic amines) is 1. The molecule has 1 N–H and O–H groups in total. The van der Waals surface area contributed by atoms with Crippen LogP contribution in [0.5, 0.6) is 0 Å². The van der Waals surface area contributed by atoms with E-state index in [0.29, 0.717) is 31.4 Å². The van der Waals surface area contributed by atoms with Gasteiger partial charge in [0.15, 0.2) is 0 Å². The summed E-state index contributed by atoms with van der Waals surface area (Å²) < 4.78 is 10.9. The van der Waals surface area contributed by atoms with Gasteiger partial charge in [-0.05, 0) is 31.4 Å². The van der Waals surface area contributed by atoms with Crippen LogP contribution in [0.2, 0.25) is 0 Å². The lowest BCUT2D eigenvalue weighted by molar-refractivity contribution is -0.124. The minimum atomic E-state index is 0.0740. The Hall–Kier alpha value is -1.43. The van der Waals surface area contributed by atoms with E-state index in [0.717, 1.165) is 32.7 Å². The van der Waals surface area contributed by atoms with E-state index in [1.54, 1.807) is 7.11 Å². The first-order valence-electron chi connectivity index (χ1n) is 9.31. The van der Waals surface area contributed by atoms with Crippen molar-refractivity contribution >= 4 is 5.91 Å². The van der Waals surface area contributed by atoms with Gasteiger partial charge in [-0.1, -0.05) is 29.8 Å². The summed E-state index contributed by atoms with van der Waals surface area (Å²) in [7, 11) is 1.64. The molecule has 0 aromatic heterocycles. The largest absolute Gasteiger partial charge is 0.383 e. The number of benzene rings is 1. The Balaban J connectivity index is 1.47. The summed E-state index contributed by atoms with van der Waals surface area (Å²) in [5, 5.41) is 2.90. The Morgan fingerprint density at radius 3 is 3.12 bits per heavy atom. The molecule has 3 rings (SSSR count). The predicted octanol–water partition coefficient (Wildman–Crippen LogP) is 1.98. The van der Waals surface area contributed by atoms with Gasteiger partial charge in [0.2, 0.25) is 5.91 Å². The zero-order valence-electron chi connectivity index (χ0n) is 15.4. The van der Waals surface area contributed by atoms with Crippen molar-refractivity contribution in [2.75, 3.05) is 40.0 Å². The molecule has 1 aromatic carbocycles. The second-order valence-corrected chi connectivity index (χ2v) is 7.36. The third-order valence-electron chi connectivity index (χ3n) is 5.38. The summed E-state index contributed by atoms with van der Waals surface area (Å²) in [4.78, 5) is 14.6. The van der Waals surface area contributed by atoms with E-state index in [4.69, 9.17) is 9.47 Å². The Labute approximate surface area is 150 Å². The van der Waals surface area contributed by atoms with Crippen LogP contribution in [0.15, 0.2) is 24.3 Å². The van der Waals surface area contributed by atoms with Gasteiger partial charge in [-0.25, -0.2) is 0 Å². The van der Waals surface area contributed by atoms with Gasteiger partial charge < -0.3 is 14.8 Å². The third-order valence-corrected chi connectivity index (χ3v) is 5.38. The molecule has 2 saturated heterocycles. The average Bonchev–Trinajstić information content (AvgIpc) is 2.97. The van der Waals surface area contributed by atoms with Crippen molar-refractivity contribution in [1.82, 2.24) is 10.2 Å². The number of hydrogen-bond acceptors (Lipinski definition) is 4. The van der Waals surface area contributed by atoms with Gasteiger partial charge in [0, 0.05) is 32.7 Å². The van der Waals surface area contributed by atoms with E-state index in [2.05, 4.69) is 41.4 Å². The standard InChI is InChI=1S/C20H30N2O3/c1-15-4-3-5-16(10-15)12-22-8-6-18-17(13-22)14-25-19(18)11-20(23)21-7-9-24-2/h3-5,10,17-19H,6-9,11-14H2,1-2H3,(H,21,23)/t17-,18-,19-/m1/s1. The quantitative estimate of drug-likeness (QED) is 0.767. The number of rotatable bonds is 7. The number of piperidine rings is 1. The second-order valence-electron chi connectivity index (χ2n) is 7.36. The number of amides is 1. The van der Waals surface area contributed by atoms with E-state index >= 15 is 0 Å². The number of carbonyl (C=O) groups excluding carboxylic acids is 1. The van der Waals surface area contributed by atoms with Crippen LogP contribution in [-0.4, -0.2) is 56.9 Å². The molecule has 0 saturated carbocycles. The van der Waals surface area contributed by atoms with Crippen LogP contribution < -0.4 is 5.32 Å². The van der Waals surface area contributed by atoms with Crippen molar-refractivity contribution in [2.24, 2.45) is 11.8 Å². The van der Waals surface area contributed by atoms with Crippen molar-refractivity contribution in [1.29, 1.82) is 0 Å². The lowest BCUT2D eigenvalue weighted by Crippen LogP contribution is -2.42. The van der Waals surface area contributed by atoms with E-state index in [1.165, 1.54) is 11.1 Å². The lowest BCUT2D eigenvalue weighted by Gasteiger charge is -2.35. The zero-order valence-corrected chi connectivity index (χ0v) is 15.4. The number of nitrogens with zero attached hydrogens (tertiary/aromatic N) is 1. The number of ether oxygens (including phenoxy) is 2. The van der Waals surface area contributed by atoms with Crippen LogP contribution in [0.3, 0.4) is 0 Å². The molecular weight excluding hydrogens is 316 g/mol. The van der Waals surface area contributed by atoms with Crippen LogP contribution in [0.25, 0.3) is 0 Å². The maximum atomic E-state index is 12.0. The monoisotopic (exact) mass is 346 g/mol. The fourth-order valence-electron chi connectivity index (χ4n) is 4.13. The first-order chi connectivity index (χ1) is 12.2. The molecule has 1 aromatic rings. The molecule has 1 amide bonds. The molecule has 0 radical (unpaired) electrons. The highest BCUT2D eigenvalue weighted by Gasteiger charge is 2.41. The Kier molecular flexibility index (Phi) is 6.45. The summed E-state index contributed by atoms with van der Waals surface area (Å²) >= 11 is 0.